The number of carbonyl (C=O) groups excluding carboxylic acids is 1. The van der Waals surface area contributed by atoms with Crippen molar-refractivity contribution < 1.29 is 4.79 Å². The third-order valence-electron chi connectivity index (χ3n) is 5.01. The molecular weight excluding hydrogens is 300 g/mol. The van der Waals surface area contributed by atoms with Crippen molar-refractivity contribution in [3.8, 4) is 0 Å². The van der Waals surface area contributed by atoms with Crippen LogP contribution in [-0.2, 0) is 19.4 Å². The van der Waals surface area contributed by atoms with Crippen molar-refractivity contribution in [3.05, 3.63) is 46.9 Å². The van der Waals surface area contributed by atoms with E-state index in [1.807, 2.05) is 30.7 Å². The van der Waals surface area contributed by atoms with Crippen molar-refractivity contribution in [3.63, 3.8) is 0 Å². The van der Waals surface area contributed by atoms with Crippen LogP contribution in [0.25, 0.3) is 10.9 Å². The van der Waals surface area contributed by atoms with Crippen LogP contribution >= 0.6 is 0 Å². The molecule has 2 heterocycles. The highest BCUT2D eigenvalue weighted by Crippen LogP contribution is 2.29. The van der Waals surface area contributed by atoms with E-state index in [1.165, 1.54) is 29.5 Å². The van der Waals surface area contributed by atoms with Crippen molar-refractivity contribution in [1.29, 1.82) is 0 Å². The predicted molar refractivity (Wildman–Crippen MR) is 95.5 cm³/mol. The van der Waals surface area contributed by atoms with Gasteiger partial charge in [0.05, 0.1) is 17.6 Å². The van der Waals surface area contributed by atoms with Gasteiger partial charge in [-0.2, -0.15) is 5.10 Å². The molecule has 1 aromatic carbocycles. The average molecular weight is 322 g/mol. The van der Waals surface area contributed by atoms with E-state index in [0.717, 1.165) is 36.3 Å². The first-order valence-corrected chi connectivity index (χ1v) is 8.64. The largest absolute Gasteiger partial charge is 0.358 e. The fraction of sp³-hybridized carbons (Fsp3) is 0.368. The monoisotopic (exact) mass is 322 g/mol. The Kier molecular flexibility index (Phi) is 3.63. The Morgan fingerprint density at radius 3 is 2.96 bits per heavy atom. The van der Waals surface area contributed by atoms with Gasteiger partial charge in [0.1, 0.15) is 0 Å². The summed E-state index contributed by atoms with van der Waals surface area (Å²) in [4.78, 5) is 16.1. The van der Waals surface area contributed by atoms with Crippen LogP contribution in [0.2, 0.25) is 0 Å². The molecule has 3 aromatic rings. The Bertz CT molecular complexity index is 919. The van der Waals surface area contributed by atoms with Crippen molar-refractivity contribution in [1.82, 2.24) is 14.8 Å². The quantitative estimate of drug-likeness (QED) is 0.770. The average Bonchev–Trinajstić information content (AvgIpc) is 3.14. The number of hydrogen-bond donors (Lipinski definition) is 2. The molecule has 4 rings (SSSR count). The van der Waals surface area contributed by atoms with Gasteiger partial charge in [-0.25, -0.2) is 0 Å². The SMILES string of the molecule is CCn1ncc(NC(=O)c2ccc3c4c([nH]c3c2)CCCC4)c1C. The second-order valence-electron chi connectivity index (χ2n) is 6.46. The molecule has 1 amide bonds. The Morgan fingerprint density at radius 2 is 2.17 bits per heavy atom. The molecule has 2 N–H and O–H groups in total. The number of aryl methyl sites for hydroxylation is 3. The number of amides is 1. The van der Waals surface area contributed by atoms with E-state index in [4.69, 9.17) is 0 Å². The van der Waals surface area contributed by atoms with Gasteiger partial charge >= 0.3 is 0 Å². The van der Waals surface area contributed by atoms with Crippen molar-refractivity contribution in [2.75, 3.05) is 5.32 Å². The van der Waals surface area contributed by atoms with E-state index >= 15 is 0 Å². The normalized spacial score (nSPS) is 13.9. The highest BCUT2D eigenvalue weighted by atomic mass is 16.1. The topological polar surface area (TPSA) is 62.7 Å². The van der Waals surface area contributed by atoms with Crippen LogP contribution < -0.4 is 5.32 Å². The first-order chi connectivity index (χ1) is 11.7. The van der Waals surface area contributed by atoms with Crippen LogP contribution in [0.15, 0.2) is 24.4 Å². The molecule has 5 nitrogen and oxygen atoms in total. The van der Waals surface area contributed by atoms with Gasteiger partial charge in [-0.3, -0.25) is 9.48 Å². The van der Waals surface area contributed by atoms with Crippen LogP contribution in [0.1, 0.15) is 47.1 Å². The zero-order valence-electron chi connectivity index (χ0n) is 14.1. The third kappa shape index (κ3) is 2.40. The number of H-pyrrole nitrogens is 1. The summed E-state index contributed by atoms with van der Waals surface area (Å²) in [5.41, 5.74) is 6.26. The number of carbonyl (C=O) groups is 1. The molecule has 0 spiro atoms. The summed E-state index contributed by atoms with van der Waals surface area (Å²) in [5, 5.41) is 8.50. The molecule has 2 aromatic heterocycles. The minimum atomic E-state index is -0.0942. The van der Waals surface area contributed by atoms with Gasteiger partial charge in [-0.15, -0.1) is 0 Å². The van der Waals surface area contributed by atoms with E-state index in [2.05, 4.69) is 21.5 Å². The zero-order chi connectivity index (χ0) is 16.7. The Balaban J connectivity index is 1.63. The maximum absolute atomic E-state index is 12.6. The van der Waals surface area contributed by atoms with Crippen molar-refractivity contribution in [2.24, 2.45) is 0 Å². The van der Waals surface area contributed by atoms with E-state index in [1.54, 1.807) is 6.20 Å². The summed E-state index contributed by atoms with van der Waals surface area (Å²) in [7, 11) is 0. The second-order valence-corrected chi connectivity index (χ2v) is 6.46. The predicted octanol–water partition coefficient (Wildman–Crippen LogP) is 3.82. The summed E-state index contributed by atoms with van der Waals surface area (Å²) in [6.07, 6.45) is 6.45. The smallest absolute Gasteiger partial charge is 0.255 e. The first-order valence-electron chi connectivity index (χ1n) is 8.64. The molecule has 0 fully saturated rings. The Morgan fingerprint density at radius 1 is 1.33 bits per heavy atom. The minimum absolute atomic E-state index is 0.0942. The lowest BCUT2D eigenvalue weighted by molar-refractivity contribution is 0.102. The number of fused-ring (bicyclic) bond motifs is 3. The maximum Gasteiger partial charge on any atom is 0.255 e. The number of nitrogens with one attached hydrogen (secondary N) is 2. The second kappa shape index (κ2) is 5.82. The summed E-state index contributed by atoms with van der Waals surface area (Å²) >= 11 is 0. The molecule has 0 unspecified atom stereocenters. The van der Waals surface area contributed by atoms with Crippen molar-refractivity contribution in [2.45, 2.75) is 46.1 Å². The highest BCUT2D eigenvalue weighted by Gasteiger charge is 2.17. The third-order valence-corrected chi connectivity index (χ3v) is 5.01. The number of aromatic nitrogens is 3. The minimum Gasteiger partial charge on any atom is -0.358 e. The lowest BCUT2D eigenvalue weighted by Crippen LogP contribution is -2.12. The van der Waals surface area contributed by atoms with Gasteiger partial charge in [0.15, 0.2) is 0 Å². The molecule has 24 heavy (non-hydrogen) atoms. The lowest BCUT2D eigenvalue weighted by Gasteiger charge is -2.10. The summed E-state index contributed by atoms with van der Waals surface area (Å²) < 4.78 is 1.87. The molecule has 5 heteroatoms. The summed E-state index contributed by atoms with van der Waals surface area (Å²) in [6, 6.07) is 5.95. The van der Waals surface area contributed by atoms with Gasteiger partial charge < -0.3 is 10.3 Å². The van der Waals surface area contributed by atoms with Gasteiger partial charge in [0, 0.05) is 28.7 Å². The number of hydrogen-bond acceptors (Lipinski definition) is 2. The molecule has 0 bridgehead atoms. The van der Waals surface area contributed by atoms with Crippen LogP contribution in [0.3, 0.4) is 0 Å². The molecule has 0 atom stereocenters. The summed E-state index contributed by atoms with van der Waals surface area (Å²) in [6.45, 7) is 4.79. The van der Waals surface area contributed by atoms with Crippen molar-refractivity contribution >= 4 is 22.5 Å². The fourth-order valence-electron chi connectivity index (χ4n) is 3.64. The maximum atomic E-state index is 12.6. The van der Waals surface area contributed by atoms with E-state index in [0.29, 0.717) is 5.56 Å². The number of rotatable bonds is 3. The van der Waals surface area contributed by atoms with Gasteiger partial charge in [0.25, 0.3) is 5.91 Å². The molecule has 0 aliphatic heterocycles. The summed E-state index contributed by atoms with van der Waals surface area (Å²) in [5.74, 6) is -0.0942. The van der Waals surface area contributed by atoms with E-state index in [9.17, 15) is 4.79 Å². The molecule has 124 valence electrons. The standard InChI is InChI=1S/C19H22N4O/c1-3-23-12(2)18(11-20-23)22-19(24)13-8-9-15-14-6-4-5-7-16(14)21-17(15)10-13/h8-11,21H,3-7H2,1-2H3,(H,22,24). The van der Waals surface area contributed by atoms with Gasteiger partial charge in [-0.1, -0.05) is 6.07 Å². The van der Waals surface area contributed by atoms with Crippen LogP contribution in [0, 0.1) is 6.92 Å². The van der Waals surface area contributed by atoms with Gasteiger partial charge in [-0.05, 0) is 57.2 Å². The molecule has 0 saturated carbocycles. The van der Waals surface area contributed by atoms with Crippen LogP contribution in [-0.4, -0.2) is 20.7 Å². The highest BCUT2D eigenvalue weighted by molar-refractivity contribution is 6.06. The number of benzene rings is 1. The molecule has 1 aliphatic carbocycles. The molecular formula is C19H22N4O. The van der Waals surface area contributed by atoms with Gasteiger partial charge in [0.2, 0.25) is 0 Å². The fourth-order valence-corrected chi connectivity index (χ4v) is 3.64. The van der Waals surface area contributed by atoms with E-state index in [-0.39, 0.29) is 5.91 Å². The molecule has 0 radical (unpaired) electrons. The first kappa shape index (κ1) is 15.0. The Labute approximate surface area is 141 Å². The number of aromatic amines is 1. The molecule has 0 saturated heterocycles. The molecule has 1 aliphatic rings. The number of nitrogens with zero attached hydrogens (tertiary/aromatic N) is 2. The van der Waals surface area contributed by atoms with E-state index < -0.39 is 0 Å². The van der Waals surface area contributed by atoms with Crippen LogP contribution in [0.4, 0.5) is 5.69 Å². The zero-order valence-corrected chi connectivity index (χ0v) is 14.1. The number of anilines is 1. The van der Waals surface area contributed by atoms with Crippen LogP contribution in [0.5, 0.6) is 0 Å². The Hall–Kier alpha value is -2.56. The lowest BCUT2D eigenvalue weighted by atomic mass is 9.95.